The Balaban J connectivity index is 1.72. The number of esters is 1. The molecule has 0 amide bonds. The summed E-state index contributed by atoms with van der Waals surface area (Å²) in [4.78, 5) is 14.2. The Labute approximate surface area is 132 Å². The lowest BCUT2D eigenvalue weighted by Crippen LogP contribution is -2.38. The van der Waals surface area contributed by atoms with Gasteiger partial charge in [0.15, 0.2) is 0 Å². The van der Waals surface area contributed by atoms with E-state index in [-0.39, 0.29) is 5.97 Å². The van der Waals surface area contributed by atoms with Gasteiger partial charge >= 0.3 is 5.97 Å². The first kappa shape index (κ1) is 16.8. The summed E-state index contributed by atoms with van der Waals surface area (Å²) in [6.07, 6.45) is 0. The third-order valence-corrected chi connectivity index (χ3v) is 3.42. The van der Waals surface area contributed by atoms with E-state index < -0.39 is 0 Å². The van der Waals surface area contributed by atoms with Gasteiger partial charge < -0.3 is 14.2 Å². The van der Waals surface area contributed by atoms with Gasteiger partial charge in [0.05, 0.1) is 25.4 Å². The monoisotopic (exact) mass is 307 g/mol. The Morgan fingerprint density at radius 1 is 1.23 bits per heavy atom. The largest absolute Gasteiger partial charge is 0.493 e. The molecule has 1 aliphatic rings. The average Bonchev–Trinajstić information content (AvgIpc) is 2.54. The fourth-order valence-corrected chi connectivity index (χ4v) is 2.13. The molecule has 1 aromatic rings. The van der Waals surface area contributed by atoms with Crippen LogP contribution in [0.3, 0.4) is 0 Å². The van der Waals surface area contributed by atoms with Gasteiger partial charge in [-0.1, -0.05) is 13.8 Å². The van der Waals surface area contributed by atoms with E-state index in [1.807, 2.05) is 0 Å². The molecule has 0 bridgehead atoms. The second-order valence-corrected chi connectivity index (χ2v) is 5.82. The highest BCUT2D eigenvalue weighted by atomic mass is 16.5. The Hall–Kier alpha value is -1.59. The predicted molar refractivity (Wildman–Crippen MR) is 84.3 cm³/mol. The number of nitrogens with zero attached hydrogens (tertiary/aromatic N) is 1. The van der Waals surface area contributed by atoms with Gasteiger partial charge in [0.1, 0.15) is 12.4 Å². The van der Waals surface area contributed by atoms with Crippen molar-refractivity contribution in [2.45, 2.75) is 13.8 Å². The quantitative estimate of drug-likeness (QED) is 0.723. The molecule has 1 heterocycles. The first-order valence-corrected chi connectivity index (χ1v) is 7.85. The van der Waals surface area contributed by atoms with Crippen molar-refractivity contribution in [1.29, 1.82) is 0 Å². The van der Waals surface area contributed by atoms with Crippen molar-refractivity contribution in [1.82, 2.24) is 4.90 Å². The molecule has 1 saturated heterocycles. The Bertz CT molecular complexity index is 452. The maximum atomic E-state index is 12.0. The lowest BCUT2D eigenvalue weighted by Gasteiger charge is -2.26. The third-order valence-electron chi connectivity index (χ3n) is 3.42. The van der Waals surface area contributed by atoms with Crippen LogP contribution in [0.1, 0.15) is 24.2 Å². The van der Waals surface area contributed by atoms with Crippen LogP contribution in [0.4, 0.5) is 0 Å². The fourth-order valence-electron chi connectivity index (χ4n) is 2.13. The number of morpholine rings is 1. The van der Waals surface area contributed by atoms with E-state index in [1.165, 1.54) is 0 Å². The summed E-state index contributed by atoms with van der Waals surface area (Å²) < 4.78 is 16.2. The lowest BCUT2D eigenvalue weighted by molar-refractivity contribution is 0.0195. The van der Waals surface area contributed by atoms with E-state index in [2.05, 4.69) is 18.7 Å². The van der Waals surface area contributed by atoms with E-state index >= 15 is 0 Å². The summed E-state index contributed by atoms with van der Waals surface area (Å²) in [6.45, 7) is 9.34. The molecule has 0 radical (unpaired) electrons. The topological polar surface area (TPSA) is 48.0 Å². The van der Waals surface area contributed by atoms with Crippen LogP contribution in [0.5, 0.6) is 5.75 Å². The standard InChI is InChI=1S/C17H25NO4/c1-14(2)13-22-16-5-3-15(4-6-16)17(19)21-12-9-18-7-10-20-11-8-18/h3-6,14H,7-13H2,1-2H3. The molecular weight excluding hydrogens is 282 g/mol. The second-order valence-electron chi connectivity index (χ2n) is 5.82. The molecule has 22 heavy (non-hydrogen) atoms. The summed E-state index contributed by atoms with van der Waals surface area (Å²) in [5.41, 5.74) is 0.555. The van der Waals surface area contributed by atoms with Gasteiger partial charge in [-0.25, -0.2) is 4.79 Å². The number of ether oxygens (including phenoxy) is 3. The van der Waals surface area contributed by atoms with Gasteiger partial charge in [-0.15, -0.1) is 0 Å². The van der Waals surface area contributed by atoms with E-state index in [4.69, 9.17) is 14.2 Å². The van der Waals surface area contributed by atoms with E-state index in [1.54, 1.807) is 24.3 Å². The fraction of sp³-hybridized carbons (Fsp3) is 0.588. The van der Waals surface area contributed by atoms with Crippen molar-refractivity contribution in [2.24, 2.45) is 5.92 Å². The predicted octanol–water partition coefficient (Wildman–Crippen LogP) is 2.21. The molecule has 0 aliphatic carbocycles. The molecule has 0 unspecified atom stereocenters. The molecule has 0 saturated carbocycles. The highest BCUT2D eigenvalue weighted by molar-refractivity contribution is 5.89. The zero-order chi connectivity index (χ0) is 15.8. The van der Waals surface area contributed by atoms with Gasteiger partial charge in [-0.05, 0) is 30.2 Å². The maximum absolute atomic E-state index is 12.0. The van der Waals surface area contributed by atoms with E-state index in [9.17, 15) is 4.79 Å². The number of benzene rings is 1. The molecule has 2 rings (SSSR count). The van der Waals surface area contributed by atoms with Gasteiger partial charge in [0, 0.05) is 19.6 Å². The summed E-state index contributed by atoms with van der Waals surface area (Å²) in [7, 11) is 0. The second kappa shape index (κ2) is 8.76. The van der Waals surface area contributed by atoms with Crippen LogP contribution in [0.25, 0.3) is 0 Å². The number of carbonyl (C=O) groups is 1. The molecule has 1 aromatic carbocycles. The van der Waals surface area contributed by atoms with Crippen LogP contribution in [0.2, 0.25) is 0 Å². The summed E-state index contributed by atoms with van der Waals surface area (Å²) >= 11 is 0. The average molecular weight is 307 g/mol. The molecule has 0 spiro atoms. The highest BCUT2D eigenvalue weighted by Gasteiger charge is 2.12. The third kappa shape index (κ3) is 5.66. The first-order chi connectivity index (χ1) is 10.6. The molecule has 1 aliphatic heterocycles. The van der Waals surface area contributed by atoms with Gasteiger partial charge in [0.2, 0.25) is 0 Å². The Morgan fingerprint density at radius 3 is 2.55 bits per heavy atom. The van der Waals surface area contributed by atoms with E-state index in [0.29, 0.717) is 24.7 Å². The molecule has 0 aromatic heterocycles. The van der Waals surface area contributed by atoms with Crippen LogP contribution in [-0.2, 0) is 9.47 Å². The van der Waals surface area contributed by atoms with Crippen molar-refractivity contribution in [3.8, 4) is 5.75 Å². The van der Waals surface area contributed by atoms with Gasteiger partial charge in [0.25, 0.3) is 0 Å². The van der Waals surface area contributed by atoms with Gasteiger partial charge in [-0.3, -0.25) is 4.90 Å². The zero-order valence-electron chi connectivity index (χ0n) is 13.4. The smallest absolute Gasteiger partial charge is 0.338 e. The molecule has 1 fully saturated rings. The van der Waals surface area contributed by atoms with Crippen molar-refractivity contribution < 1.29 is 19.0 Å². The number of carbonyl (C=O) groups excluding carboxylic acids is 1. The molecule has 0 atom stereocenters. The van der Waals surface area contributed by atoms with Crippen molar-refractivity contribution in [2.75, 3.05) is 46.1 Å². The maximum Gasteiger partial charge on any atom is 0.338 e. The van der Waals surface area contributed by atoms with Crippen LogP contribution in [0, 0.1) is 5.92 Å². The normalized spacial score (nSPS) is 15.8. The molecule has 5 heteroatoms. The molecule has 122 valence electrons. The number of hydrogen-bond donors (Lipinski definition) is 0. The summed E-state index contributed by atoms with van der Waals surface area (Å²) in [5, 5.41) is 0. The molecule has 0 N–H and O–H groups in total. The lowest BCUT2D eigenvalue weighted by atomic mass is 10.2. The number of hydrogen-bond acceptors (Lipinski definition) is 5. The number of rotatable bonds is 7. The summed E-state index contributed by atoms with van der Waals surface area (Å²) in [6, 6.07) is 7.10. The Kier molecular flexibility index (Phi) is 6.68. The zero-order valence-corrected chi connectivity index (χ0v) is 13.4. The van der Waals surface area contributed by atoms with Crippen molar-refractivity contribution in [3.63, 3.8) is 0 Å². The van der Waals surface area contributed by atoms with Crippen molar-refractivity contribution >= 4 is 5.97 Å². The minimum atomic E-state index is -0.288. The van der Waals surface area contributed by atoms with Crippen LogP contribution >= 0.6 is 0 Å². The van der Waals surface area contributed by atoms with Crippen LogP contribution in [-0.4, -0.2) is 56.9 Å². The highest BCUT2D eigenvalue weighted by Crippen LogP contribution is 2.14. The Morgan fingerprint density at radius 2 is 1.91 bits per heavy atom. The van der Waals surface area contributed by atoms with Crippen molar-refractivity contribution in [3.05, 3.63) is 29.8 Å². The summed E-state index contributed by atoms with van der Waals surface area (Å²) in [5.74, 6) is 0.965. The van der Waals surface area contributed by atoms with Gasteiger partial charge in [-0.2, -0.15) is 0 Å². The SMILES string of the molecule is CC(C)COc1ccc(C(=O)OCCN2CCOCC2)cc1. The van der Waals surface area contributed by atoms with Crippen LogP contribution in [0.15, 0.2) is 24.3 Å². The van der Waals surface area contributed by atoms with Crippen LogP contribution < -0.4 is 4.74 Å². The van der Waals surface area contributed by atoms with E-state index in [0.717, 1.165) is 38.6 Å². The first-order valence-electron chi connectivity index (χ1n) is 7.85. The minimum absolute atomic E-state index is 0.288. The minimum Gasteiger partial charge on any atom is -0.493 e. The molecule has 5 nitrogen and oxygen atoms in total. The molecular formula is C17H25NO4.